The van der Waals surface area contributed by atoms with E-state index in [1.54, 1.807) is 6.08 Å². The highest BCUT2D eigenvalue weighted by Gasteiger charge is 2.21. The van der Waals surface area contributed by atoms with E-state index in [9.17, 15) is 5.11 Å². The fourth-order valence-electron chi connectivity index (χ4n) is 2.28. The minimum atomic E-state index is -0.370. The predicted molar refractivity (Wildman–Crippen MR) is 95.5 cm³/mol. The molecule has 3 rings (SSSR count). The Kier molecular flexibility index (Phi) is 7.58. The zero-order chi connectivity index (χ0) is 16.3. The fourth-order valence-corrected chi connectivity index (χ4v) is 2.28. The summed E-state index contributed by atoms with van der Waals surface area (Å²) in [5.41, 5.74) is 2.68. The molecule has 2 nitrogen and oxygen atoms in total. The van der Waals surface area contributed by atoms with Crippen LogP contribution in [0.2, 0.25) is 0 Å². The number of rotatable bonds is 7. The van der Waals surface area contributed by atoms with E-state index < -0.39 is 0 Å². The van der Waals surface area contributed by atoms with Crippen LogP contribution in [-0.2, 0) is 17.6 Å². The summed E-state index contributed by atoms with van der Waals surface area (Å²) in [7, 11) is 0. The fraction of sp³-hybridized carbons (Fsp3) is 0.333. The topological polar surface area (TPSA) is 32.8 Å². The van der Waals surface area contributed by atoms with E-state index in [2.05, 4.69) is 49.0 Å². The molecule has 0 radical (unpaired) electrons. The van der Waals surface area contributed by atoms with Gasteiger partial charge in [0.05, 0.1) is 18.8 Å². The Balaban J connectivity index is 0.000000167. The second kappa shape index (κ2) is 9.98. The monoisotopic (exact) mass is 310 g/mol. The van der Waals surface area contributed by atoms with Crippen LogP contribution >= 0.6 is 0 Å². The van der Waals surface area contributed by atoms with Crippen molar-refractivity contribution in [1.82, 2.24) is 0 Å². The largest absolute Gasteiger partial charge is 0.389 e. The van der Waals surface area contributed by atoms with Gasteiger partial charge in [-0.25, -0.2) is 0 Å². The zero-order valence-corrected chi connectivity index (χ0v) is 13.6. The van der Waals surface area contributed by atoms with Crippen LogP contribution in [0.3, 0.4) is 0 Å². The van der Waals surface area contributed by atoms with Crippen LogP contribution in [0.15, 0.2) is 73.3 Å². The highest BCUT2D eigenvalue weighted by atomic mass is 16.6. The van der Waals surface area contributed by atoms with Crippen LogP contribution < -0.4 is 0 Å². The second-order valence-electron chi connectivity index (χ2n) is 5.81. The van der Waals surface area contributed by atoms with Crippen molar-refractivity contribution in [2.75, 3.05) is 6.61 Å². The van der Waals surface area contributed by atoms with Gasteiger partial charge >= 0.3 is 0 Å². The van der Waals surface area contributed by atoms with Gasteiger partial charge in [-0.1, -0.05) is 66.7 Å². The van der Waals surface area contributed by atoms with Gasteiger partial charge in [0.2, 0.25) is 0 Å². The van der Waals surface area contributed by atoms with Gasteiger partial charge in [0.1, 0.15) is 0 Å². The van der Waals surface area contributed by atoms with Gasteiger partial charge in [-0.2, -0.15) is 0 Å². The van der Waals surface area contributed by atoms with Crippen molar-refractivity contribution in [2.45, 2.75) is 37.9 Å². The van der Waals surface area contributed by atoms with Crippen molar-refractivity contribution < 1.29 is 9.84 Å². The molecule has 1 saturated heterocycles. The molecule has 1 aliphatic rings. The lowest BCUT2D eigenvalue weighted by Gasteiger charge is -2.03. The predicted octanol–water partition coefficient (Wildman–Crippen LogP) is 4.18. The average molecular weight is 310 g/mol. The minimum absolute atomic E-state index is 0.370. The number of aliphatic hydroxyl groups excluding tert-OH is 1. The molecule has 2 heteroatoms. The van der Waals surface area contributed by atoms with E-state index in [0.29, 0.717) is 6.10 Å². The molecule has 2 aromatic carbocycles. The molecule has 0 amide bonds. The van der Waals surface area contributed by atoms with Crippen molar-refractivity contribution in [2.24, 2.45) is 0 Å². The van der Waals surface area contributed by atoms with Gasteiger partial charge in [0.25, 0.3) is 0 Å². The van der Waals surface area contributed by atoms with Crippen molar-refractivity contribution in [3.8, 4) is 0 Å². The third-order valence-electron chi connectivity index (χ3n) is 3.84. The maximum Gasteiger partial charge on any atom is 0.0813 e. The second-order valence-corrected chi connectivity index (χ2v) is 5.81. The van der Waals surface area contributed by atoms with Gasteiger partial charge < -0.3 is 9.84 Å². The van der Waals surface area contributed by atoms with Crippen LogP contribution in [0, 0.1) is 0 Å². The normalized spacial score (nSPS) is 16.8. The number of benzene rings is 2. The van der Waals surface area contributed by atoms with Crippen LogP contribution in [0.4, 0.5) is 0 Å². The lowest BCUT2D eigenvalue weighted by molar-refractivity contribution is 0.213. The van der Waals surface area contributed by atoms with Gasteiger partial charge in [-0.05, 0) is 36.8 Å². The molecular weight excluding hydrogens is 284 g/mol. The Labute approximate surface area is 139 Å². The SMILES string of the molecule is C=C[C@@H](O)CCc1ccccc1.c1ccc(CC[C@H]2CO2)cc1. The summed E-state index contributed by atoms with van der Waals surface area (Å²) in [6, 6.07) is 20.7. The first-order valence-corrected chi connectivity index (χ1v) is 8.28. The summed E-state index contributed by atoms with van der Waals surface area (Å²) >= 11 is 0. The maximum absolute atomic E-state index is 9.20. The number of aryl methyl sites for hydroxylation is 2. The Morgan fingerprint density at radius 3 is 2.00 bits per heavy atom. The molecule has 0 bridgehead atoms. The number of ether oxygens (including phenoxy) is 1. The molecular formula is C21H26O2. The van der Waals surface area contributed by atoms with E-state index in [4.69, 9.17) is 4.74 Å². The number of epoxide rings is 1. The first-order chi connectivity index (χ1) is 11.3. The van der Waals surface area contributed by atoms with Crippen LogP contribution in [0.25, 0.3) is 0 Å². The lowest BCUT2D eigenvalue weighted by atomic mass is 10.1. The highest BCUT2D eigenvalue weighted by Crippen LogP contribution is 2.16. The zero-order valence-electron chi connectivity index (χ0n) is 13.6. The molecule has 23 heavy (non-hydrogen) atoms. The summed E-state index contributed by atoms with van der Waals surface area (Å²) in [5.74, 6) is 0. The van der Waals surface area contributed by atoms with Gasteiger partial charge in [-0.15, -0.1) is 6.58 Å². The Morgan fingerprint density at radius 2 is 1.52 bits per heavy atom. The van der Waals surface area contributed by atoms with Crippen LogP contribution in [-0.4, -0.2) is 23.9 Å². The Morgan fingerprint density at radius 1 is 1.00 bits per heavy atom. The average Bonchev–Trinajstić information content (AvgIpc) is 3.45. The van der Waals surface area contributed by atoms with Crippen molar-refractivity contribution in [1.29, 1.82) is 0 Å². The number of hydrogen-bond acceptors (Lipinski definition) is 2. The van der Waals surface area contributed by atoms with Crippen LogP contribution in [0.5, 0.6) is 0 Å². The third kappa shape index (κ3) is 7.78. The maximum atomic E-state index is 9.20. The molecule has 1 fully saturated rings. The molecule has 0 saturated carbocycles. The lowest BCUT2D eigenvalue weighted by Crippen LogP contribution is -2.02. The number of hydrogen-bond donors (Lipinski definition) is 1. The first kappa shape index (κ1) is 17.5. The third-order valence-corrected chi connectivity index (χ3v) is 3.84. The van der Waals surface area contributed by atoms with E-state index in [1.165, 1.54) is 17.5 Å². The molecule has 0 unspecified atom stereocenters. The van der Waals surface area contributed by atoms with Crippen molar-refractivity contribution >= 4 is 0 Å². The summed E-state index contributed by atoms with van der Waals surface area (Å²) in [6.07, 6.45) is 5.78. The van der Waals surface area contributed by atoms with Gasteiger partial charge in [-0.3, -0.25) is 0 Å². The van der Waals surface area contributed by atoms with Gasteiger partial charge in [0.15, 0.2) is 0 Å². The molecule has 0 aliphatic carbocycles. The van der Waals surface area contributed by atoms with Crippen molar-refractivity contribution in [3.05, 3.63) is 84.4 Å². The van der Waals surface area contributed by atoms with E-state index in [0.717, 1.165) is 25.9 Å². The molecule has 2 atom stereocenters. The molecule has 0 aromatic heterocycles. The Bertz CT molecular complexity index is 547. The molecule has 1 aliphatic heterocycles. The van der Waals surface area contributed by atoms with E-state index >= 15 is 0 Å². The molecule has 2 aromatic rings. The van der Waals surface area contributed by atoms with Gasteiger partial charge in [0, 0.05) is 0 Å². The first-order valence-electron chi connectivity index (χ1n) is 8.28. The quantitative estimate of drug-likeness (QED) is 0.614. The molecule has 0 spiro atoms. The summed E-state index contributed by atoms with van der Waals surface area (Å²) < 4.78 is 5.13. The summed E-state index contributed by atoms with van der Waals surface area (Å²) in [6.45, 7) is 4.50. The van der Waals surface area contributed by atoms with Crippen LogP contribution in [0.1, 0.15) is 24.0 Å². The van der Waals surface area contributed by atoms with Crippen molar-refractivity contribution in [3.63, 3.8) is 0 Å². The minimum Gasteiger partial charge on any atom is -0.389 e. The number of aliphatic hydroxyl groups is 1. The summed E-state index contributed by atoms with van der Waals surface area (Å²) in [5, 5.41) is 9.20. The molecule has 1 heterocycles. The smallest absolute Gasteiger partial charge is 0.0813 e. The Hall–Kier alpha value is -1.90. The highest BCUT2D eigenvalue weighted by molar-refractivity contribution is 5.15. The molecule has 1 N–H and O–H groups in total. The summed E-state index contributed by atoms with van der Waals surface area (Å²) in [4.78, 5) is 0. The standard InChI is InChI=1S/C11H14O.C10H12O/c1-2-11(12)9-8-10-6-4-3-5-7-10;1-2-4-9(5-3-1)6-7-10-8-11-10/h2-7,11-12H,1,8-9H2;1-5,10H,6-8H2/t11-;10-/m10/s1. The van der Waals surface area contributed by atoms with E-state index in [1.807, 2.05) is 18.2 Å². The molecule has 122 valence electrons. The van der Waals surface area contributed by atoms with E-state index in [-0.39, 0.29) is 6.10 Å².